The van der Waals surface area contributed by atoms with Crippen LogP contribution in [0.15, 0.2) is 75.7 Å². The predicted molar refractivity (Wildman–Crippen MR) is 121 cm³/mol. The van der Waals surface area contributed by atoms with Crippen molar-refractivity contribution in [3.63, 3.8) is 0 Å². The number of benzene rings is 2. The van der Waals surface area contributed by atoms with Gasteiger partial charge in [0.2, 0.25) is 0 Å². The van der Waals surface area contributed by atoms with Gasteiger partial charge >= 0.3 is 5.97 Å². The number of methoxy groups -OCH3 is 2. The van der Waals surface area contributed by atoms with Gasteiger partial charge in [0.15, 0.2) is 5.78 Å². The fourth-order valence-corrected chi connectivity index (χ4v) is 4.58. The Balaban J connectivity index is 1.96. The molecule has 0 unspecified atom stereocenters. The maximum atomic E-state index is 13.2. The first-order chi connectivity index (χ1) is 15.0. The van der Waals surface area contributed by atoms with Gasteiger partial charge in [0.05, 0.1) is 25.7 Å². The molecule has 2 aromatic rings. The van der Waals surface area contributed by atoms with Crippen molar-refractivity contribution in [2.24, 2.45) is 5.73 Å². The van der Waals surface area contributed by atoms with Crippen LogP contribution in [-0.2, 0) is 14.3 Å². The molecular weight excluding hydrogens is 460 g/mol. The molecular formula is C24H23BrN2O4. The zero-order valence-electron chi connectivity index (χ0n) is 17.4. The summed E-state index contributed by atoms with van der Waals surface area (Å²) in [6.45, 7) is 0. The zero-order chi connectivity index (χ0) is 22.1. The summed E-state index contributed by atoms with van der Waals surface area (Å²) < 4.78 is 11.3. The first-order valence-corrected chi connectivity index (χ1v) is 10.8. The van der Waals surface area contributed by atoms with Gasteiger partial charge in [-0.25, -0.2) is 4.79 Å². The number of allylic oxidation sites excluding steroid dienone is 2. The van der Waals surface area contributed by atoms with Crippen LogP contribution in [0.2, 0.25) is 0 Å². The molecule has 2 aliphatic rings. The van der Waals surface area contributed by atoms with E-state index in [9.17, 15) is 9.59 Å². The topological polar surface area (TPSA) is 81.9 Å². The number of hydrogen-bond donors (Lipinski definition) is 1. The van der Waals surface area contributed by atoms with Crippen molar-refractivity contribution in [2.45, 2.75) is 25.2 Å². The second-order valence-corrected chi connectivity index (χ2v) is 8.36. The van der Waals surface area contributed by atoms with E-state index in [4.69, 9.17) is 15.2 Å². The average Bonchev–Trinajstić information content (AvgIpc) is 2.79. The van der Waals surface area contributed by atoms with Crippen molar-refractivity contribution < 1.29 is 19.1 Å². The molecule has 0 saturated heterocycles. The van der Waals surface area contributed by atoms with Crippen LogP contribution in [0.25, 0.3) is 0 Å². The summed E-state index contributed by atoms with van der Waals surface area (Å²) in [5.41, 5.74) is 9.92. The largest absolute Gasteiger partial charge is 0.497 e. The lowest BCUT2D eigenvalue weighted by Crippen LogP contribution is -2.40. The Hall–Kier alpha value is -3.06. The number of rotatable bonds is 4. The SMILES string of the molecule is COC(=O)C1=C(N)N(c2ccc(Br)cc2)C2=C(C(=O)CCC2)[C@@H]1c1ccc(OC)cc1. The molecule has 160 valence electrons. The molecule has 4 rings (SSSR count). The van der Waals surface area contributed by atoms with Crippen LogP contribution in [0.3, 0.4) is 0 Å². The van der Waals surface area contributed by atoms with Crippen molar-refractivity contribution in [1.82, 2.24) is 0 Å². The van der Waals surface area contributed by atoms with E-state index >= 15 is 0 Å². The third-order valence-electron chi connectivity index (χ3n) is 5.73. The van der Waals surface area contributed by atoms with Crippen molar-refractivity contribution in [2.75, 3.05) is 19.1 Å². The van der Waals surface area contributed by atoms with Gasteiger partial charge in [0, 0.05) is 27.9 Å². The predicted octanol–water partition coefficient (Wildman–Crippen LogP) is 4.41. The Bertz CT molecular complexity index is 1090. The number of ether oxygens (including phenoxy) is 2. The summed E-state index contributed by atoms with van der Waals surface area (Å²) in [5, 5.41) is 0. The highest BCUT2D eigenvalue weighted by Crippen LogP contribution is 2.47. The number of nitrogens with two attached hydrogens (primary N) is 1. The van der Waals surface area contributed by atoms with E-state index in [-0.39, 0.29) is 17.2 Å². The lowest BCUT2D eigenvalue weighted by Gasteiger charge is -2.40. The molecule has 0 aromatic heterocycles. The third kappa shape index (κ3) is 3.74. The van der Waals surface area contributed by atoms with Crippen LogP contribution in [-0.4, -0.2) is 26.0 Å². The van der Waals surface area contributed by atoms with E-state index in [1.165, 1.54) is 7.11 Å². The van der Waals surface area contributed by atoms with Crippen molar-refractivity contribution in [3.05, 3.63) is 81.2 Å². The molecule has 7 heteroatoms. The fourth-order valence-electron chi connectivity index (χ4n) is 4.31. The van der Waals surface area contributed by atoms with Gasteiger partial charge in [-0.1, -0.05) is 28.1 Å². The summed E-state index contributed by atoms with van der Waals surface area (Å²) in [6.07, 6.45) is 1.87. The van der Waals surface area contributed by atoms with E-state index in [0.717, 1.165) is 27.8 Å². The number of carbonyl (C=O) groups excluding carboxylic acids is 2. The van der Waals surface area contributed by atoms with Crippen LogP contribution in [0, 0.1) is 0 Å². The maximum Gasteiger partial charge on any atom is 0.338 e. The number of halogens is 1. The first kappa shape index (κ1) is 21.2. The molecule has 6 nitrogen and oxygen atoms in total. The summed E-state index contributed by atoms with van der Waals surface area (Å²) >= 11 is 3.45. The highest BCUT2D eigenvalue weighted by molar-refractivity contribution is 9.10. The Labute approximate surface area is 189 Å². The molecule has 0 spiro atoms. The highest BCUT2D eigenvalue weighted by atomic mass is 79.9. The molecule has 2 N–H and O–H groups in total. The number of esters is 1. The molecule has 0 amide bonds. The smallest absolute Gasteiger partial charge is 0.338 e. The number of hydrogen-bond acceptors (Lipinski definition) is 6. The van der Waals surface area contributed by atoms with Crippen molar-refractivity contribution in [1.29, 1.82) is 0 Å². The minimum atomic E-state index is -0.590. The molecule has 0 radical (unpaired) electrons. The molecule has 0 bridgehead atoms. The highest BCUT2D eigenvalue weighted by Gasteiger charge is 2.42. The average molecular weight is 483 g/mol. The van der Waals surface area contributed by atoms with Crippen LogP contribution in [0.4, 0.5) is 5.69 Å². The van der Waals surface area contributed by atoms with Gasteiger partial charge in [-0.15, -0.1) is 0 Å². The molecule has 0 fully saturated rings. The van der Waals surface area contributed by atoms with Gasteiger partial charge in [-0.3, -0.25) is 9.69 Å². The van der Waals surface area contributed by atoms with Gasteiger partial charge in [-0.05, 0) is 54.8 Å². The molecule has 2 aromatic carbocycles. The first-order valence-electron chi connectivity index (χ1n) is 10.00. The Kier molecular flexibility index (Phi) is 5.87. The van der Waals surface area contributed by atoms with Crippen LogP contribution < -0.4 is 15.4 Å². The third-order valence-corrected chi connectivity index (χ3v) is 6.26. The van der Waals surface area contributed by atoms with E-state index in [2.05, 4.69) is 15.9 Å². The molecule has 1 aliphatic heterocycles. The maximum absolute atomic E-state index is 13.2. The van der Waals surface area contributed by atoms with Crippen LogP contribution >= 0.6 is 15.9 Å². The van der Waals surface area contributed by atoms with Crippen LogP contribution in [0.5, 0.6) is 5.75 Å². The van der Waals surface area contributed by atoms with E-state index in [0.29, 0.717) is 24.2 Å². The van der Waals surface area contributed by atoms with Gasteiger partial charge in [-0.2, -0.15) is 0 Å². The Morgan fingerprint density at radius 1 is 1.06 bits per heavy atom. The fraction of sp³-hybridized carbons (Fsp3) is 0.250. The van der Waals surface area contributed by atoms with Crippen LogP contribution in [0.1, 0.15) is 30.7 Å². The van der Waals surface area contributed by atoms with E-state index in [1.54, 1.807) is 7.11 Å². The van der Waals surface area contributed by atoms with Crippen molar-refractivity contribution >= 4 is 33.4 Å². The lowest BCUT2D eigenvalue weighted by atomic mass is 9.75. The summed E-state index contributed by atoms with van der Waals surface area (Å²) in [7, 11) is 2.92. The van der Waals surface area contributed by atoms with E-state index in [1.807, 2.05) is 53.4 Å². The Morgan fingerprint density at radius 3 is 2.35 bits per heavy atom. The Morgan fingerprint density at radius 2 is 1.74 bits per heavy atom. The molecule has 0 saturated carbocycles. The second kappa shape index (κ2) is 8.59. The molecule has 1 aliphatic carbocycles. The van der Waals surface area contributed by atoms with Crippen molar-refractivity contribution in [3.8, 4) is 5.75 Å². The number of carbonyl (C=O) groups is 2. The van der Waals surface area contributed by atoms with Gasteiger partial charge in [0.1, 0.15) is 11.6 Å². The lowest BCUT2D eigenvalue weighted by molar-refractivity contribution is -0.136. The van der Waals surface area contributed by atoms with Gasteiger partial charge < -0.3 is 15.2 Å². The second-order valence-electron chi connectivity index (χ2n) is 7.45. The molecule has 1 atom stereocenters. The number of nitrogens with zero attached hydrogens (tertiary/aromatic N) is 1. The summed E-state index contributed by atoms with van der Waals surface area (Å²) in [6, 6.07) is 15.0. The minimum Gasteiger partial charge on any atom is -0.497 e. The van der Waals surface area contributed by atoms with E-state index < -0.39 is 11.9 Å². The standard InChI is InChI=1S/C24H23BrN2O4/c1-30-17-12-6-14(7-13-17)20-21-18(4-3-5-19(21)28)27(16-10-8-15(25)9-11-16)23(26)22(20)24(29)31-2/h6-13,20H,3-5,26H2,1-2H3/t20-/m0/s1. The summed E-state index contributed by atoms with van der Waals surface area (Å²) in [5.74, 6) is -0.142. The number of Topliss-reactive ketones (excluding diaryl/α,β-unsaturated/α-hetero) is 1. The minimum absolute atomic E-state index is 0.0260. The quantitative estimate of drug-likeness (QED) is 0.649. The zero-order valence-corrected chi connectivity index (χ0v) is 18.9. The number of anilines is 1. The summed E-state index contributed by atoms with van der Waals surface area (Å²) in [4.78, 5) is 28.0. The number of ketones is 1. The molecule has 1 heterocycles. The van der Waals surface area contributed by atoms with Gasteiger partial charge in [0.25, 0.3) is 0 Å². The monoisotopic (exact) mass is 482 g/mol. The normalized spacial score (nSPS) is 18.7. The molecule has 31 heavy (non-hydrogen) atoms.